The predicted octanol–water partition coefficient (Wildman–Crippen LogP) is 1.69. The highest BCUT2D eigenvalue weighted by molar-refractivity contribution is 5.96. The van der Waals surface area contributed by atoms with Crippen LogP contribution in [0.2, 0.25) is 0 Å². The van der Waals surface area contributed by atoms with Crippen LogP contribution in [0.3, 0.4) is 0 Å². The van der Waals surface area contributed by atoms with Crippen LogP contribution < -0.4 is 15.5 Å². The second-order valence-electron chi connectivity index (χ2n) is 6.87. The molecule has 2 amide bonds. The molecule has 0 radical (unpaired) electrons. The van der Waals surface area contributed by atoms with Crippen molar-refractivity contribution in [3.8, 4) is 0 Å². The van der Waals surface area contributed by atoms with Crippen molar-refractivity contribution in [3.05, 3.63) is 63.7 Å². The number of carbonyl (C=O) groups is 2. The molecule has 148 valence electrons. The number of amides is 2. The van der Waals surface area contributed by atoms with E-state index in [4.69, 9.17) is 0 Å². The average Bonchev–Trinajstić information content (AvgIpc) is 2.64. The maximum Gasteiger partial charge on any atom is 0.292 e. The Morgan fingerprint density at radius 3 is 2.46 bits per heavy atom. The van der Waals surface area contributed by atoms with Crippen LogP contribution in [0.1, 0.15) is 18.1 Å². The zero-order valence-corrected chi connectivity index (χ0v) is 16.4. The lowest BCUT2D eigenvalue weighted by molar-refractivity contribution is -0.885. The summed E-state index contributed by atoms with van der Waals surface area (Å²) in [6, 6.07) is 11.2. The van der Waals surface area contributed by atoms with Crippen molar-refractivity contribution in [3.63, 3.8) is 0 Å². The maximum absolute atomic E-state index is 12.5. The molecular formula is C20H25N4O4+. The van der Waals surface area contributed by atoms with Gasteiger partial charge in [-0.15, -0.1) is 0 Å². The molecule has 0 spiro atoms. The van der Waals surface area contributed by atoms with Crippen molar-refractivity contribution in [2.24, 2.45) is 0 Å². The summed E-state index contributed by atoms with van der Waals surface area (Å²) < 4.78 is 0. The standard InChI is InChI=1S/C20H24N4O4/c1-13-9-10-14(2)17(11-13)21-19(25)12-23(4)15(3)20(26)22-16-7-5-6-8-18(16)24(27)28/h5-11,15H,12H2,1-4H3,(H,21,25)(H,22,26)/p+1/t15-/m1/s1. The number of benzene rings is 2. The summed E-state index contributed by atoms with van der Waals surface area (Å²) in [7, 11) is 1.73. The molecule has 28 heavy (non-hydrogen) atoms. The number of para-hydroxylation sites is 2. The van der Waals surface area contributed by atoms with Crippen LogP contribution in [0.4, 0.5) is 17.1 Å². The number of quaternary nitrogens is 1. The van der Waals surface area contributed by atoms with Crippen LogP contribution in [0.5, 0.6) is 0 Å². The number of hydrogen-bond donors (Lipinski definition) is 3. The molecule has 2 aromatic rings. The minimum Gasteiger partial charge on any atom is -0.321 e. The van der Waals surface area contributed by atoms with E-state index in [-0.39, 0.29) is 23.8 Å². The molecule has 8 heteroatoms. The molecule has 0 saturated carbocycles. The number of carbonyl (C=O) groups excluding carboxylic acids is 2. The molecule has 0 aromatic heterocycles. The molecule has 0 bridgehead atoms. The van der Waals surface area contributed by atoms with Crippen molar-refractivity contribution in [1.29, 1.82) is 0 Å². The van der Waals surface area contributed by atoms with E-state index in [1.165, 1.54) is 18.2 Å². The lowest BCUT2D eigenvalue weighted by atomic mass is 10.1. The Morgan fingerprint density at radius 1 is 1.11 bits per heavy atom. The van der Waals surface area contributed by atoms with E-state index in [2.05, 4.69) is 10.6 Å². The minimum absolute atomic E-state index is 0.0822. The lowest BCUT2D eigenvalue weighted by Gasteiger charge is -2.21. The first-order chi connectivity index (χ1) is 13.2. The molecule has 0 fully saturated rings. The Balaban J connectivity index is 1.99. The molecule has 0 heterocycles. The SMILES string of the molecule is Cc1ccc(C)c(NC(=O)C[NH+](C)[C@H](C)C(=O)Nc2ccccc2[N+](=O)[O-])c1. The zero-order chi connectivity index (χ0) is 20.8. The second-order valence-corrected chi connectivity index (χ2v) is 6.87. The molecule has 1 unspecified atom stereocenters. The van der Waals surface area contributed by atoms with E-state index in [0.717, 1.165) is 16.8 Å². The Kier molecular flexibility index (Phi) is 6.84. The fourth-order valence-corrected chi connectivity index (χ4v) is 2.67. The molecule has 8 nitrogen and oxygen atoms in total. The van der Waals surface area contributed by atoms with Gasteiger partial charge in [-0.05, 0) is 44.0 Å². The average molecular weight is 385 g/mol. The van der Waals surface area contributed by atoms with Crippen LogP contribution in [0.15, 0.2) is 42.5 Å². The van der Waals surface area contributed by atoms with Crippen LogP contribution in [-0.4, -0.2) is 36.4 Å². The number of aryl methyl sites for hydroxylation is 2. The number of nitro benzene ring substituents is 1. The van der Waals surface area contributed by atoms with Crippen molar-refractivity contribution >= 4 is 28.9 Å². The molecule has 0 aliphatic carbocycles. The van der Waals surface area contributed by atoms with Crippen LogP contribution >= 0.6 is 0 Å². The summed E-state index contributed by atoms with van der Waals surface area (Å²) in [5.41, 5.74) is 2.71. The highest BCUT2D eigenvalue weighted by Gasteiger charge is 2.26. The van der Waals surface area contributed by atoms with Gasteiger partial charge in [-0.1, -0.05) is 24.3 Å². The summed E-state index contributed by atoms with van der Waals surface area (Å²) in [6.45, 7) is 5.61. The summed E-state index contributed by atoms with van der Waals surface area (Å²) >= 11 is 0. The fraction of sp³-hybridized carbons (Fsp3) is 0.300. The maximum atomic E-state index is 12.5. The molecular weight excluding hydrogens is 360 g/mol. The van der Waals surface area contributed by atoms with Gasteiger partial charge in [0.05, 0.1) is 12.0 Å². The van der Waals surface area contributed by atoms with Crippen LogP contribution in [0.25, 0.3) is 0 Å². The molecule has 2 aromatic carbocycles. The van der Waals surface area contributed by atoms with Crippen molar-refractivity contribution in [1.82, 2.24) is 0 Å². The van der Waals surface area contributed by atoms with Crippen molar-refractivity contribution in [2.75, 3.05) is 24.2 Å². The lowest BCUT2D eigenvalue weighted by Crippen LogP contribution is -3.14. The van der Waals surface area contributed by atoms with Gasteiger partial charge in [0.1, 0.15) is 5.69 Å². The Hall–Kier alpha value is -3.26. The Morgan fingerprint density at radius 2 is 1.79 bits per heavy atom. The quantitative estimate of drug-likeness (QED) is 0.498. The third-order valence-corrected chi connectivity index (χ3v) is 4.60. The van der Waals surface area contributed by atoms with Gasteiger partial charge in [0, 0.05) is 11.8 Å². The topological polar surface area (TPSA) is 106 Å². The normalized spacial score (nSPS) is 12.7. The summed E-state index contributed by atoms with van der Waals surface area (Å²) in [6.07, 6.45) is 0. The number of anilines is 2. The Labute approximate surface area is 163 Å². The third-order valence-electron chi connectivity index (χ3n) is 4.60. The third kappa shape index (κ3) is 5.37. The monoisotopic (exact) mass is 385 g/mol. The number of likely N-dealkylation sites (N-methyl/N-ethyl adjacent to an activating group) is 1. The van der Waals surface area contributed by atoms with E-state index in [1.54, 1.807) is 20.0 Å². The molecule has 0 aliphatic rings. The van der Waals surface area contributed by atoms with Crippen molar-refractivity contribution in [2.45, 2.75) is 26.8 Å². The summed E-state index contributed by atoms with van der Waals surface area (Å²) in [4.78, 5) is 36.0. The molecule has 2 atom stereocenters. The van der Waals surface area contributed by atoms with E-state index >= 15 is 0 Å². The Bertz CT molecular complexity index is 898. The smallest absolute Gasteiger partial charge is 0.292 e. The highest BCUT2D eigenvalue weighted by Crippen LogP contribution is 2.23. The second kappa shape index (κ2) is 9.09. The highest BCUT2D eigenvalue weighted by atomic mass is 16.6. The fourth-order valence-electron chi connectivity index (χ4n) is 2.67. The van der Waals surface area contributed by atoms with Gasteiger partial charge in [-0.25, -0.2) is 0 Å². The van der Waals surface area contributed by atoms with Gasteiger partial charge < -0.3 is 15.5 Å². The predicted molar refractivity (Wildman–Crippen MR) is 107 cm³/mol. The number of nitro groups is 1. The zero-order valence-electron chi connectivity index (χ0n) is 16.4. The van der Waals surface area contributed by atoms with Crippen LogP contribution in [0, 0.1) is 24.0 Å². The van der Waals surface area contributed by atoms with Gasteiger partial charge in [0.15, 0.2) is 12.6 Å². The van der Waals surface area contributed by atoms with E-state index in [9.17, 15) is 19.7 Å². The largest absolute Gasteiger partial charge is 0.321 e. The van der Waals surface area contributed by atoms with E-state index in [1.807, 2.05) is 32.0 Å². The van der Waals surface area contributed by atoms with Gasteiger partial charge in [-0.3, -0.25) is 19.7 Å². The number of rotatable bonds is 7. The first-order valence-corrected chi connectivity index (χ1v) is 8.92. The number of nitrogens with one attached hydrogen (secondary N) is 3. The molecule has 0 aliphatic heterocycles. The number of nitrogens with zero attached hydrogens (tertiary/aromatic N) is 1. The van der Waals surface area contributed by atoms with Gasteiger partial charge >= 0.3 is 0 Å². The summed E-state index contributed by atoms with van der Waals surface area (Å²) in [5, 5.41) is 16.5. The minimum atomic E-state index is -0.579. The van der Waals surface area contributed by atoms with Gasteiger partial charge in [-0.2, -0.15) is 0 Å². The van der Waals surface area contributed by atoms with Crippen molar-refractivity contribution < 1.29 is 19.4 Å². The van der Waals surface area contributed by atoms with E-state index in [0.29, 0.717) is 4.90 Å². The van der Waals surface area contributed by atoms with Gasteiger partial charge in [0.25, 0.3) is 17.5 Å². The van der Waals surface area contributed by atoms with E-state index < -0.39 is 16.9 Å². The van der Waals surface area contributed by atoms with Crippen LogP contribution in [-0.2, 0) is 9.59 Å². The molecule has 0 saturated heterocycles. The summed E-state index contributed by atoms with van der Waals surface area (Å²) in [5.74, 6) is -0.608. The first-order valence-electron chi connectivity index (χ1n) is 8.92. The first kappa shape index (κ1) is 21.0. The number of hydrogen-bond acceptors (Lipinski definition) is 4. The molecule has 3 N–H and O–H groups in total. The van der Waals surface area contributed by atoms with Gasteiger partial charge in [0.2, 0.25) is 0 Å². The molecule has 2 rings (SSSR count).